The monoisotopic (exact) mass is 454 g/mol. The van der Waals surface area contributed by atoms with Crippen LogP contribution < -0.4 is 0 Å². The Morgan fingerprint density at radius 3 is 2.47 bits per heavy atom. The van der Waals surface area contributed by atoms with E-state index in [1.807, 2.05) is 12.3 Å². The van der Waals surface area contributed by atoms with Crippen LogP contribution in [0.1, 0.15) is 49.7 Å². The SMILES string of the molecule is O=C(N1[C@H]2CC[C@H]1CC(Cc1cccc3ncccc13)C2)C1(Cc2ccccc2)CCOCC1. The van der Waals surface area contributed by atoms with Gasteiger partial charge in [0.05, 0.1) is 10.9 Å². The van der Waals surface area contributed by atoms with Gasteiger partial charge in [0.25, 0.3) is 0 Å². The fourth-order valence-corrected chi connectivity index (χ4v) is 6.93. The van der Waals surface area contributed by atoms with Crippen LogP contribution in [0.3, 0.4) is 0 Å². The molecule has 0 unspecified atom stereocenters. The maximum Gasteiger partial charge on any atom is 0.229 e. The van der Waals surface area contributed by atoms with Gasteiger partial charge in [-0.05, 0) is 80.5 Å². The van der Waals surface area contributed by atoms with Crippen LogP contribution in [0.4, 0.5) is 0 Å². The topological polar surface area (TPSA) is 42.4 Å². The fraction of sp³-hybridized carbons (Fsp3) is 0.467. The summed E-state index contributed by atoms with van der Waals surface area (Å²) in [5.41, 5.74) is 3.44. The number of amides is 1. The van der Waals surface area contributed by atoms with Crippen LogP contribution in [-0.4, -0.2) is 41.1 Å². The molecule has 2 atom stereocenters. The number of pyridine rings is 1. The van der Waals surface area contributed by atoms with Gasteiger partial charge >= 0.3 is 0 Å². The normalized spacial score (nSPS) is 26.0. The van der Waals surface area contributed by atoms with Crippen molar-refractivity contribution in [3.63, 3.8) is 0 Å². The maximum atomic E-state index is 14.2. The van der Waals surface area contributed by atoms with E-state index in [1.54, 1.807) is 0 Å². The second-order valence-corrected chi connectivity index (χ2v) is 10.7. The van der Waals surface area contributed by atoms with Gasteiger partial charge in [-0.1, -0.05) is 48.5 Å². The summed E-state index contributed by atoms with van der Waals surface area (Å²) < 4.78 is 5.71. The summed E-state index contributed by atoms with van der Waals surface area (Å²) in [5, 5.41) is 1.28. The van der Waals surface area contributed by atoms with Gasteiger partial charge < -0.3 is 9.64 Å². The average Bonchev–Trinajstić information content (AvgIpc) is 3.14. The lowest BCUT2D eigenvalue weighted by molar-refractivity contribution is -0.153. The number of hydrogen-bond donors (Lipinski definition) is 0. The van der Waals surface area contributed by atoms with Crippen LogP contribution in [0, 0.1) is 11.3 Å². The number of aromatic nitrogens is 1. The molecule has 3 aromatic rings. The van der Waals surface area contributed by atoms with E-state index in [0.29, 0.717) is 37.1 Å². The van der Waals surface area contributed by atoms with Crippen molar-refractivity contribution in [2.75, 3.05) is 13.2 Å². The number of benzene rings is 2. The minimum Gasteiger partial charge on any atom is -0.381 e. The summed E-state index contributed by atoms with van der Waals surface area (Å²) in [6, 6.07) is 22.1. The first kappa shape index (κ1) is 21.8. The Kier molecular flexibility index (Phi) is 5.86. The van der Waals surface area contributed by atoms with E-state index in [4.69, 9.17) is 4.74 Å². The highest BCUT2D eigenvalue weighted by Crippen LogP contribution is 2.45. The summed E-state index contributed by atoms with van der Waals surface area (Å²) in [7, 11) is 0. The molecule has 6 rings (SSSR count). The average molecular weight is 455 g/mol. The van der Waals surface area contributed by atoms with Gasteiger partial charge in [-0.25, -0.2) is 0 Å². The van der Waals surface area contributed by atoms with Crippen molar-refractivity contribution in [2.24, 2.45) is 11.3 Å². The van der Waals surface area contributed by atoms with Crippen molar-refractivity contribution >= 4 is 16.8 Å². The summed E-state index contributed by atoms with van der Waals surface area (Å²) in [5.74, 6) is 1.03. The Bertz CT molecular complexity index is 1140. The van der Waals surface area contributed by atoms with Crippen LogP contribution in [-0.2, 0) is 22.4 Å². The van der Waals surface area contributed by atoms with Crippen molar-refractivity contribution in [1.82, 2.24) is 9.88 Å². The molecule has 4 heterocycles. The second kappa shape index (κ2) is 9.14. The van der Waals surface area contributed by atoms with Gasteiger partial charge in [-0.2, -0.15) is 0 Å². The second-order valence-electron chi connectivity index (χ2n) is 10.7. The third-order valence-corrected chi connectivity index (χ3v) is 8.60. The molecule has 0 aliphatic carbocycles. The summed E-state index contributed by atoms with van der Waals surface area (Å²) in [6.45, 7) is 1.39. The molecular weight excluding hydrogens is 420 g/mol. The molecule has 0 spiro atoms. The number of ether oxygens (including phenoxy) is 1. The number of rotatable bonds is 5. The number of piperidine rings is 1. The zero-order chi connectivity index (χ0) is 23.0. The molecule has 2 aromatic carbocycles. The van der Waals surface area contributed by atoms with Crippen LogP contribution in [0.15, 0.2) is 66.9 Å². The number of hydrogen-bond acceptors (Lipinski definition) is 3. The molecule has 0 radical (unpaired) electrons. The Morgan fingerprint density at radius 2 is 1.71 bits per heavy atom. The zero-order valence-corrected chi connectivity index (χ0v) is 19.9. The number of carbonyl (C=O) groups excluding carboxylic acids is 1. The number of fused-ring (bicyclic) bond motifs is 3. The molecule has 34 heavy (non-hydrogen) atoms. The molecule has 1 amide bonds. The largest absolute Gasteiger partial charge is 0.381 e. The van der Waals surface area contributed by atoms with Gasteiger partial charge in [-0.3, -0.25) is 9.78 Å². The lowest BCUT2D eigenvalue weighted by Gasteiger charge is -2.46. The Morgan fingerprint density at radius 1 is 0.941 bits per heavy atom. The minimum atomic E-state index is -0.311. The first-order valence-electron chi connectivity index (χ1n) is 13.0. The minimum absolute atomic E-state index is 0.311. The third-order valence-electron chi connectivity index (χ3n) is 8.60. The molecule has 2 bridgehead atoms. The van der Waals surface area contributed by atoms with Gasteiger partial charge in [0.2, 0.25) is 5.91 Å². The van der Waals surface area contributed by atoms with E-state index in [9.17, 15) is 4.79 Å². The molecule has 4 nitrogen and oxygen atoms in total. The lowest BCUT2D eigenvalue weighted by atomic mass is 9.73. The maximum absolute atomic E-state index is 14.2. The molecule has 3 aliphatic heterocycles. The summed E-state index contributed by atoms with van der Waals surface area (Å²) in [6.07, 6.45) is 10.0. The number of carbonyl (C=O) groups is 1. The smallest absolute Gasteiger partial charge is 0.229 e. The fourth-order valence-electron chi connectivity index (χ4n) is 6.93. The predicted octanol–water partition coefficient (Wildman–Crippen LogP) is 5.59. The lowest BCUT2D eigenvalue weighted by Crippen LogP contribution is -2.55. The van der Waals surface area contributed by atoms with Gasteiger partial charge in [0.15, 0.2) is 0 Å². The van der Waals surface area contributed by atoms with E-state index < -0.39 is 0 Å². The van der Waals surface area contributed by atoms with Crippen molar-refractivity contribution < 1.29 is 9.53 Å². The van der Waals surface area contributed by atoms with E-state index in [0.717, 1.165) is 56.9 Å². The van der Waals surface area contributed by atoms with E-state index in [-0.39, 0.29) is 5.41 Å². The molecule has 3 saturated heterocycles. The molecule has 0 saturated carbocycles. The zero-order valence-electron chi connectivity index (χ0n) is 19.9. The Labute approximate surface area is 202 Å². The highest BCUT2D eigenvalue weighted by atomic mass is 16.5. The molecule has 0 N–H and O–H groups in total. The van der Waals surface area contributed by atoms with Crippen LogP contribution in [0.5, 0.6) is 0 Å². The first-order chi connectivity index (χ1) is 16.7. The molecule has 4 heteroatoms. The molecule has 1 aromatic heterocycles. The first-order valence-corrected chi connectivity index (χ1v) is 13.0. The quantitative estimate of drug-likeness (QED) is 0.505. The van der Waals surface area contributed by atoms with Crippen molar-refractivity contribution in [2.45, 2.75) is 63.5 Å². The van der Waals surface area contributed by atoms with Crippen LogP contribution in [0.25, 0.3) is 10.9 Å². The van der Waals surface area contributed by atoms with Gasteiger partial charge in [0, 0.05) is 36.9 Å². The standard InChI is InChI=1S/C30H34N2O2/c33-29(30(13-16-34-17-14-30)21-22-6-2-1-3-7-22)32-25-11-12-26(32)20-23(19-25)18-24-8-4-10-28-27(24)9-5-15-31-28/h1-10,15,23,25-26H,11-14,16-21H2/t25-,26-/m0/s1. The Hall–Kier alpha value is -2.72. The van der Waals surface area contributed by atoms with Crippen molar-refractivity contribution in [1.29, 1.82) is 0 Å². The third kappa shape index (κ3) is 4.02. The predicted molar refractivity (Wildman–Crippen MR) is 134 cm³/mol. The van der Waals surface area contributed by atoms with E-state index >= 15 is 0 Å². The molecular formula is C30H34N2O2. The van der Waals surface area contributed by atoms with E-state index in [2.05, 4.69) is 64.5 Å². The van der Waals surface area contributed by atoms with Gasteiger partial charge in [-0.15, -0.1) is 0 Å². The number of nitrogens with zero attached hydrogens (tertiary/aromatic N) is 2. The molecule has 176 valence electrons. The summed E-state index contributed by atoms with van der Waals surface area (Å²) in [4.78, 5) is 21.1. The highest BCUT2D eigenvalue weighted by Gasteiger charge is 2.50. The van der Waals surface area contributed by atoms with Crippen molar-refractivity contribution in [3.05, 3.63) is 78.0 Å². The van der Waals surface area contributed by atoms with Crippen LogP contribution >= 0.6 is 0 Å². The molecule has 3 aliphatic rings. The highest BCUT2D eigenvalue weighted by molar-refractivity contribution is 5.84. The Balaban J connectivity index is 1.21. The van der Waals surface area contributed by atoms with Crippen LogP contribution in [0.2, 0.25) is 0 Å². The van der Waals surface area contributed by atoms with E-state index in [1.165, 1.54) is 16.5 Å². The van der Waals surface area contributed by atoms with Crippen molar-refractivity contribution in [3.8, 4) is 0 Å². The molecule has 3 fully saturated rings. The summed E-state index contributed by atoms with van der Waals surface area (Å²) >= 11 is 0. The van der Waals surface area contributed by atoms with Gasteiger partial charge in [0.1, 0.15) is 0 Å².